The summed E-state index contributed by atoms with van der Waals surface area (Å²) in [7, 11) is 1.69. The predicted molar refractivity (Wildman–Crippen MR) is 71.7 cm³/mol. The summed E-state index contributed by atoms with van der Waals surface area (Å²) in [5, 5.41) is 12.0. The molecule has 0 aromatic rings. The van der Waals surface area contributed by atoms with Crippen LogP contribution < -0.4 is 5.32 Å². The highest BCUT2D eigenvalue weighted by molar-refractivity contribution is 5.78. The van der Waals surface area contributed by atoms with Gasteiger partial charge in [-0.05, 0) is 58.4 Å². The van der Waals surface area contributed by atoms with Gasteiger partial charge in [-0.15, -0.1) is 0 Å². The van der Waals surface area contributed by atoms with Crippen molar-refractivity contribution >= 4 is 5.97 Å². The van der Waals surface area contributed by atoms with Crippen molar-refractivity contribution in [1.29, 1.82) is 0 Å². The van der Waals surface area contributed by atoms with E-state index in [-0.39, 0.29) is 0 Å². The van der Waals surface area contributed by atoms with Crippen molar-refractivity contribution in [2.75, 3.05) is 13.7 Å². The zero-order valence-electron chi connectivity index (χ0n) is 11.9. The van der Waals surface area contributed by atoms with E-state index in [9.17, 15) is 4.79 Å². The molecule has 18 heavy (non-hydrogen) atoms. The van der Waals surface area contributed by atoms with Crippen molar-refractivity contribution in [3.05, 3.63) is 0 Å². The molecule has 0 aromatic heterocycles. The van der Waals surface area contributed by atoms with E-state index >= 15 is 0 Å². The van der Waals surface area contributed by atoms with Crippen molar-refractivity contribution in [2.45, 2.75) is 64.0 Å². The first-order chi connectivity index (χ1) is 8.48. The summed E-state index contributed by atoms with van der Waals surface area (Å²) in [6, 6.07) is 0. The molecule has 1 rings (SSSR count). The van der Waals surface area contributed by atoms with E-state index in [0.29, 0.717) is 19.1 Å². The fourth-order valence-electron chi connectivity index (χ4n) is 2.41. The Kier molecular flexibility index (Phi) is 6.09. The lowest BCUT2D eigenvalue weighted by Gasteiger charge is -2.27. The average molecular weight is 257 g/mol. The third kappa shape index (κ3) is 4.58. The number of carbonyl (C=O) groups is 1. The Morgan fingerprint density at radius 1 is 1.39 bits per heavy atom. The van der Waals surface area contributed by atoms with Crippen LogP contribution in [0.2, 0.25) is 0 Å². The molecule has 0 bridgehead atoms. The minimum absolute atomic E-state index is 0.395. The summed E-state index contributed by atoms with van der Waals surface area (Å²) < 4.78 is 5.83. The van der Waals surface area contributed by atoms with Gasteiger partial charge >= 0.3 is 5.97 Å². The lowest BCUT2D eigenvalue weighted by atomic mass is 9.89. The van der Waals surface area contributed by atoms with Gasteiger partial charge < -0.3 is 15.2 Å². The molecule has 2 N–H and O–H groups in total. The average Bonchev–Trinajstić information content (AvgIpc) is 2.36. The van der Waals surface area contributed by atoms with Gasteiger partial charge in [0.2, 0.25) is 0 Å². The van der Waals surface area contributed by atoms with Crippen LogP contribution in [0, 0.1) is 5.92 Å². The fourth-order valence-corrected chi connectivity index (χ4v) is 2.41. The van der Waals surface area contributed by atoms with E-state index < -0.39 is 11.5 Å². The molecule has 0 radical (unpaired) electrons. The van der Waals surface area contributed by atoms with Crippen molar-refractivity contribution in [3.8, 4) is 0 Å². The summed E-state index contributed by atoms with van der Waals surface area (Å²) in [5.41, 5.74) is -0.829. The Balaban J connectivity index is 2.16. The second kappa shape index (κ2) is 7.10. The molecule has 1 atom stereocenters. The molecular formula is C14H27NO3. The maximum absolute atomic E-state index is 11.1. The first-order valence-electron chi connectivity index (χ1n) is 7.02. The summed E-state index contributed by atoms with van der Waals surface area (Å²) in [5.74, 6) is 0.0425. The number of carboxylic acids is 1. The maximum atomic E-state index is 11.1. The fraction of sp³-hybridized carbons (Fsp3) is 0.929. The quantitative estimate of drug-likeness (QED) is 0.688. The van der Waals surface area contributed by atoms with E-state index in [1.807, 2.05) is 0 Å². The molecule has 0 heterocycles. The van der Waals surface area contributed by atoms with Crippen LogP contribution in [0.3, 0.4) is 0 Å². The minimum atomic E-state index is -0.829. The highest BCUT2D eigenvalue weighted by Gasteiger charge is 2.30. The third-order valence-corrected chi connectivity index (χ3v) is 4.16. The first-order valence-corrected chi connectivity index (χ1v) is 7.02. The van der Waals surface area contributed by atoms with Gasteiger partial charge in [-0.2, -0.15) is 0 Å². The lowest BCUT2D eigenvalue weighted by Crippen LogP contribution is -2.47. The number of hydrogen-bond donors (Lipinski definition) is 2. The third-order valence-electron chi connectivity index (χ3n) is 4.16. The van der Waals surface area contributed by atoms with Gasteiger partial charge in [0.1, 0.15) is 5.54 Å². The van der Waals surface area contributed by atoms with Crippen LogP contribution in [-0.2, 0) is 9.53 Å². The number of rotatable bonds is 7. The largest absolute Gasteiger partial charge is 0.480 e. The molecule has 1 unspecified atom stereocenters. The van der Waals surface area contributed by atoms with Gasteiger partial charge in [-0.25, -0.2) is 0 Å². The Bertz CT molecular complexity index is 262. The van der Waals surface area contributed by atoms with Crippen molar-refractivity contribution < 1.29 is 14.6 Å². The Labute approximate surface area is 110 Å². The van der Waals surface area contributed by atoms with Crippen molar-refractivity contribution in [2.24, 2.45) is 5.92 Å². The van der Waals surface area contributed by atoms with Crippen LogP contribution in [0.1, 0.15) is 52.4 Å². The van der Waals surface area contributed by atoms with Crippen LogP contribution >= 0.6 is 0 Å². The van der Waals surface area contributed by atoms with Crippen LogP contribution in [0.4, 0.5) is 0 Å². The van der Waals surface area contributed by atoms with Gasteiger partial charge in [0.05, 0.1) is 6.10 Å². The van der Waals surface area contributed by atoms with Gasteiger partial charge in [0.15, 0.2) is 0 Å². The van der Waals surface area contributed by atoms with E-state index in [4.69, 9.17) is 9.84 Å². The van der Waals surface area contributed by atoms with Crippen LogP contribution in [0.15, 0.2) is 0 Å². The standard InChI is InChI=1S/C14H27NO3/c1-11-5-7-12(8-6-11)18-10-4-9-14(2,15-3)13(16)17/h11-12,15H,4-10H2,1-3H3,(H,16,17). The molecule has 106 valence electrons. The first kappa shape index (κ1) is 15.4. The van der Waals surface area contributed by atoms with E-state index in [0.717, 1.165) is 25.2 Å². The molecule has 0 saturated heterocycles. The molecular weight excluding hydrogens is 230 g/mol. The number of nitrogens with one attached hydrogen (secondary N) is 1. The zero-order valence-corrected chi connectivity index (χ0v) is 11.9. The molecule has 4 heteroatoms. The van der Waals surface area contributed by atoms with Gasteiger partial charge in [-0.3, -0.25) is 4.79 Å². The molecule has 4 nitrogen and oxygen atoms in total. The molecule has 0 amide bonds. The summed E-state index contributed by atoms with van der Waals surface area (Å²) in [6.07, 6.45) is 6.61. The van der Waals surface area contributed by atoms with Crippen molar-refractivity contribution in [1.82, 2.24) is 5.32 Å². The highest BCUT2D eigenvalue weighted by Crippen LogP contribution is 2.25. The van der Waals surface area contributed by atoms with Gasteiger partial charge in [0.25, 0.3) is 0 Å². The second-order valence-corrected chi connectivity index (χ2v) is 5.74. The molecule has 1 aliphatic rings. The summed E-state index contributed by atoms with van der Waals surface area (Å²) in [4.78, 5) is 11.1. The Morgan fingerprint density at radius 2 is 2.00 bits per heavy atom. The van der Waals surface area contributed by atoms with Crippen molar-refractivity contribution in [3.63, 3.8) is 0 Å². The predicted octanol–water partition coefficient (Wildman–Crippen LogP) is 2.42. The van der Waals surface area contributed by atoms with Crippen LogP contribution in [0.5, 0.6) is 0 Å². The normalized spacial score (nSPS) is 27.7. The smallest absolute Gasteiger partial charge is 0.323 e. The van der Waals surface area contributed by atoms with E-state index in [1.54, 1.807) is 14.0 Å². The monoisotopic (exact) mass is 257 g/mol. The minimum Gasteiger partial charge on any atom is -0.480 e. The maximum Gasteiger partial charge on any atom is 0.323 e. The number of aliphatic carboxylic acids is 1. The highest BCUT2D eigenvalue weighted by atomic mass is 16.5. The summed E-state index contributed by atoms with van der Waals surface area (Å²) >= 11 is 0. The number of ether oxygens (including phenoxy) is 1. The van der Waals surface area contributed by atoms with Crippen LogP contribution in [-0.4, -0.2) is 36.4 Å². The second-order valence-electron chi connectivity index (χ2n) is 5.74. The van der Waals surface area contributed by atoms with Crippen LogP contribution in [0.25, 0.3) is 0 Å². The molecule has 0 aromatic carbocycles. The zero-order chi connectivity index (χ0) is 13.6. The molecule has 0 aliphatic heterocycles. The number of hydrogen-bond acceptors (Lipinski definition) is 3. The molecule has 1 fully saturated rings. The number of carboxylic acid groups (broad SMARTS) is 1. The molecule has 1 aliphatic carbocycles. The summed E-state index contributed by atoms with van der Waals surface area (Å²) in [6.45, 7) is 4.68. The van der Waals surface area contributed by atoms with Gasteiger partial charge in [-0.1, -0.05) is 6.92 Å². The Hall–Kier alpha value is -0.610. The lowest BCUT2D eigenvalue weighted by molar-refractivity contribution is -0.144. The van der Waals surface area contributed by atoms with E-state index in [1.165, 1.54) is 12.8 Å². The van der Waals surface area contributed by atoms with E-state index in [2.05, 4.69) is 12.2 Å². The Morgan fingerprint density at radius 3 is 2.50 bits per heavy atom. The molecule has 0 spiro atoms. The topological polar surface area (TPSA) is 58.6 Å². The SMILES string of the molecule is CNC(C)(CCCOC1CCC(C)CC1)C(=O)O. The van der Waals surface area contributed by atoms with Gasteiger partial charge in [0, 0.05) is 6.61 Å². The number of likely N-dealkylation sites (N-methyl/N-ethyl adjacent to an activating group) is 1. The molecule has 1 saturated carbocycles.